The highest BCUT2D eigenvalue weighted by Crippen LogP contribution is 2.08. The fourth-order valence-electron chi connectivity index (χ4n) is 1.91. The fraction of sp³-hybridized carbons (Fsp3) is 0.250. The summed E-state index contributed by atoms with van der Waals surface area (Å²) in [6, 6.07) is 16.4. The number of aliphatic hydroxyl groups is 1. The molecule has 0 aromatic heterocycles. The topological polar surface area (TPSA) is 32.3 Å². The number of aryl methyl sites for hydroxylation is 1. The van der Waals surface area contributed by atoms with Gasteiger partial charge in [-0.3, -0.25) is 0 Å². The van der Waals surface area contributed by atoms with Crippen LogP contribution in [0.15, 0.2) is 48.5 Å². The summed E-state index contributed by atoms with van der Waals surface area (Å²) in [5.41, 5.74) is 4.85. The minimum absolute atomic E-state index is 0.108. The molecule has 0 saturated carbocycles. The maximum absolute atomic E-state index is 8.97. The first-order valence-electron chi connectivity index (χ1n) is 6.23. The molecule has 0 unspecified atom stereocenters. The molecule has 94 valence electrons. The zero-order valence-electron chi connectivity index (χ0n) is 10.7. The van der Waals surface area contributed by atoms with Crippen LogP contribution in [0.25, 0.3) is 0 Å². The lowest BCUT2D eigenvalue weighted by molar-refractivity contribution is 0.282. The van der Waals surface area contributed by atoms with E-state index in [4.69, 9.17) is 5.11 Å². The first-order valence-corrected chi connectivity index (χ1v) is 6.23. The lowest BCUT2D eigenvalue weighted by Crippen LogP contribution is -2.13. The van der Waals surface area contributed by atoms with Crippen LogP contribution in [0, 0.1) is 6.92 Å². The molecule has 2 N–H and O–H groups in total. The molecular weight excluding hydrogens is 222 g/mol. The van der Waals surface area contributed by atoms with Gasteiger partial charge in [0.05, 0.1) is 6.61 Å². The molecule has 0 heterocycles. The highest BCUT2D eigenvalue weighted by atomic mass is 16.3. The van der Waals surface area contributed by atoms with Crippen molar-refractivity contribution in [2.45, 2.75) is 26.6 Å². The molecule has 0 radical (unpaired) electrons. The van der Waals surface area contributed by atoms with Gasteiger partial charge in [-0.2, -0.15) is 0 Å². The Labute approximate surface area is 108 Å². The Hall–Kier alpha value is -1.64. The molecule has 0 saturated heterocycles. The van der Waals surface area contributed by atoms with Gasteiger partial charge in [0.1, 0.15) is 0 Å². The Kier molecular flexibility index (Phi) is 4.51. The van der Waals surface area contributed by atoms with Gasteiger partial charge in [0.15, 0.2) is 0 Å². The minimum atomic E-state index is 0.108. The van der Waals surface area contributed by atoms with Gasteiger partial charge in [-0.25, -0.2) is 0 Å². The molecule has 0 atom stereocenters. The molecule has 0 spiro atoms. The van der Waals surface area contributed by atoms with E-state index >= 15 is 0 Å². The van der Waals surface area contributed by atoms with Crippen molar-refractivity contribution in [2.75, 3.05) is 0 Å². The van der Waals surface area contributed by atoms with Gasteiger partial charge in [0.2, 0.25) is 0 Å². The molecule has 0 aliphatic carbocycles. The van der Waals surface area contributed by atoms with Crippen molar-refractivity contribution in [2.24, 2.45) is 0 Å². The number of benzene rings is 2. The van der Waals surface area contributed by atoms with Gasteiger partial charge >= 0.3 is 0 Å². The summed E-state index contributed by atoms with van der Waals surface area (Å²) in [7, 11) is 0. The summed E-state index contributed by atoms with van der Waals surface area (Å²) in [4.78, 5) is 0. The molecule has 2 aromatic carbocycles. The first-order chi connectivity index (χ1) is 8.79. The van der Waals surface area contributed by atoms with Crippen LogP contribution in [0.5, 0.6) is 0 Å². The van der Waals surface area contributed by atoms with Gasteiger partial charge in [-0.15, -0.1) is 0 Å². The third kappa shape index (κ3) is 3.42. The minimum Gasteiger partial charge on any atom is -0.392 e. The SMILES string of the molecule is Cc1ccccc1CNCc1ccc(CO)cc1. The molecule has 2 nitrogen and oxygen atoms in total. The van der Waals surface area contributed by atoms with E-state index in [9.17, 15) is 0 Å². The van der Waals surface area contributed by atoms with Crippen LogP contribution in [0.1, 0.15) is 22.3 Å². The van der Waals surface area contributed by atoms with Gasteiger partial charge in [-0.05, 0) is 29.2 Å². The monoisotopic (exact) mass is 241 g/mol. The first kappa shape index (κ1) is 12.8. The molecule has 18 heavy (non-hydrogen) atoms. The highest BCUT2D eigenvalue weighted by Gasteiger charge is 1.97. The number of aliphatic hydroxyl groups excluding tert-OH is 1. The third-order valence-electron chi connectivity index (χ3n) is 3.11. The average molecular weight is 241 g/mol. The van der Waals surface area contributed by atoms with E-state index in [1.54, 1.807) is 0 Å². The summed E-state index contributed by atoms with van der Waals surface area (Å²) in [6.45, 7) is 3.97. The van der Waals surface area contributed by atoms with E-state index in [1.807, 2.05) is 12.1 Å². The van der Waals surface area contributed by atoms with Crippen molar-refractivity contribution in [3.63, 3.8) is 0 Å². The quantitative estimate of drug-likeness (QED) is 0.843. The van der Waals surface area contributed by atoms with E-state index in [1.165, 1.54) is 16.7 Å². The van der Waals surface area contributed by atoms with Crippen LogP contribution in [0.2, 0.25) is 0 Å². The van der Waals surface area contributed by atoms with Crippen molar-refractivity contribution in [3.05, 3.63) is 70.8 Å². The Balaban J connectivity index is 1.86. The van der Waals surface area contributed by atoms with Crippen molar-refractivity contribution in [1.29, 1.82) is 0 Å². The smallest absolute Gasteiger partial charge is 0.0681 e. The Morgan fingerprint density at radius 2 is 1.56 bits per heavy atom. The fourth-order valence-corrected chi connectivity index (χ4v) is 1.91. The molecular formula is C16H19NO. The van der Waals surface area contributed by atoms with Gasteiger partial charge in [0, 0.05) is 13.1 Å². The largest absolute Gasteiger partial charge is 0.392 e. The van der Waals surface area contributed by atoms with Crippen LogP contribution in [0.3, 0.4) is 0 Å². The molecule has 0 fully saturated rings. The summed E-state index contributed by atoms with van der Waals surface area (Å²) < 4.78 is 0. The molecule has 0 aliphatic heterocycles. The summed E-state index contributed by atoms with van der Waals surface area (Å²) in [5.74, 6) is 0. The molecule has 0 amide bonds. The van der Waals surface area contributed by atoms with Crippen molar-refractivity contribution in [1.82, 2.24) is 5.32 Å². The summed E-state index contributed by atoms with van der Waals surface area (Å²) in [6.07, 6.45) is 0. The van der Waals surface area contributed by atoms with Gasteiger partial charge in [-0.1, -0.05) is 48.5 Å². The van der Waals surface area contributed by atoms with E-state index < -0.39 is 0 Å². The molecule has 0 aliphatic rings. The van der Waals surface area contributed by atoms with Crippen LogP contribution < -0.4 is 5.32 Å². The number of hydrogen-bond donors (Lipinski definition) is 2. The second-order valence-electron chi connectivity index (χ2n) is 4.50. The normalized spacial score (nSPS) is 10.6. The molecule has 2 aromatic rings. The lowest BCUT2D eigenvalue weighted by atomic mass is 10.1. The van der Waals surface area contributed by atoms with E-state index in [-0.39, 0.29) is 6.61 Å². The zero-order valence-corrected chi connectivity index (χ0v) is 10.7. The number of rotatable bonds is 5. The zero-order chi connectivity index (χ0) is 12.8. The summed E-state index contributed by atoms with van der Waals surface area (Å²) in [5, 5.41) is 12.4. The van der Waals surface area contributed by atoms with Crippen LogP contribution >= 0.6 is 0 Å². The van der Waals surface area contributed by atoms with E-state index in [0.29, 0.717) is 0 Å². The van der Waals surface area contributed by atoms with E-state index in [2.05, 4.69) is 48.6 Å². The predicted molar refractivity (Wildman–Crippen MR) is 74.1 cm³/mol. The third-order valence-corrected chi connectivity index (χ3v) is 3.11. The van der Waals surface area contributed by atoms with Gasteiger partial charge in [0.25, 0.3) is 0 Å². The second-order valence-corrected chi connectivity index (χ2v) is 4.50. The molecule has 0 bridgehead atoms. The van der Waals surface area contributed by atoms with Crippen molar-refractivity contribution in [3.8, 4) is 0 Å². The maximum atomic E-state index is 8.97. The lowest BCUT2D eigenvalue weighted by Gasteiger charge is -2.08. The Morgan fingerprint density at radius 3 is 2.22 bits per heavy atom. The molecule has 2 rings (SSSR count). The second kappa shape index (κ2) is 6.34. The number of hydrogen-bond acceptors (Lipinski definition) is 2. The average Bonchev–Trinajstić information content (AvgIpc) is 2.42. The standard InChI is InChI=1S/C16H19NO/c1-13-4-2-3-5-16(13)11-17-10-14-6-8-15(12-18)9-7-14/h2-9,17-18H,10-12H2,1H3. The van der Waals surface area contributed by atoms with Crippen molar-refractivity contribution >= 4 is 0 Å². The maximum Gasteiger partial charge on any atom is 0.0681 e. The highest BCUT2D eigenvalue weighted by molar-refractivity contribution is 5.26. The number of nitrogens with one attached hydrogen (secondary N) is 1. The van der Waals surface area contributed by atoms with Crippen LogP contribution in [-0.2, 0) is 19.7 Å². The van der Waals surface area contributed by atoms with Crippen LogP contribution in [-0.4, -0.2) is 5.11 Å². The van der Waals surface area contributed by atoms with E-state index in [0.717, 1.165) is 18.7 Å². The van der Waals surface area contributed by atoms with Gasteiger partial charge < -0.3 is 10.4 Å². The summed E-state index contributed by atoms with van der Waals surface area (Å²) >= 11 is 0. The Morgan fingerprint density at radius 1 is 0.889 bits per heavy atom. The van der Waals surface area contributed by atoms with Crippen molar-refractivity contribution < 1.29 is 5.11 Å². The Bertz CT molecular complexity index is 491. The molecule has 2 heteroatoms. The van der Waals surface area contributed by atoms with Crippen LogP contribution in [0.4, 0.5) is 0 Å². The predicted octanol–water partition coefficient (Wildman–Crippen LogP) is 2.78.